The van der Waals surface area contributed by atoms with Gasteiger partial charge in [0.2, 0.25) is 5.91 Å². The Morgan fingerprint density at radius 2 is 2.03 bits per heavy atom. The van der Waals surface area contributed by atoms with Crippen LogP contribution in [-0.2, 0) is 16.1 Å². The molecular weight excluding hydrogens is 463 g/mol. The minimum Gasteiger partial charge on any atom is -0.490 e. The molecule has 12 heteroatoms. The van der Waals surface area contributed by atoms with Gasteiger partial charge in [-0.05, 0) is 30.0 Å². The molecule has 186 valence electrons. The van der Waals surface area contributed by atoms with Crippen LogP contribution in [0.4, 0.5) is 20.8 Å². The minimum atomic E-state index is -0.590. The number of nitro groups is 1. The number of nitrogens with zero attached hydrogens (tertiary/aromatic N) is 3. The summed E-state index contributed by atoms with van der Waals surface area (Å²) in [5, 5.41) is 13.3. The van der Waals surface area contributed by atoms with E-state index in [4.69, 9.17) is 13.9 Å². The van der Waals surface area contributed by atoms with E-state index in [2.05, 4.69) is 10.2 Å². The zero-order chi connectivity index (χ0) is 24.7. The summed E-state index contributed by atoms with van der Waals surface area (Å²) in [6, 6.07) is 7.35. The average Bonchev–Trinajstić information content (AvgIpc) is 3.23. The van der Waals surface area contributed by atoms with Gasteiger partial charge in [0.15, 0.2) is 11.6 Å². The number of rotatable bonds is 9. The highest BCUT2D eigenvalue weighted by Crippen LogP contribution is 2.52. The van der Waals surface area contributed by atoms with Crippen molar-refractivity contribution in [2.24, 2.45) is 17.8 Å². The van der Waals surface area contributed by atoms with Crippen LogP contribution in [-0.4, -0.2) is 60.7 Å². The van der Waals surface area contributed by atoms with E-state index < -0.39 is 22.9 Å². The van der Waals surface area contributed by atoms with Gasteiger partial charge < -0.3 is 19.2 Å². The largest absolute Gasteiger partial charge is 0.490 e. The number of carbonyl (C=O) groups excluding carboxylic acids is 2. The molecular formula is C23H25FN4O7. The molecule has 3 fully saturated rings. The molecule has 11 nitrogen and oxygen atoms in total. The molecule has 3 aliphatic rings. The fraction of sp³-hybridized carbons (Fsp3) is 0.478. The van der Waals surface area contributed by atoms with Crippen LogP contribution in [0.15, 0.2) is 34.7 Å². The van der Waals surface area contributed by atoms with Crippen LogP contribution >= 0.6 is 0 Å². The number of fused-ring (bicyclic) bond motifs is 1. The normalized spacial score (nSPS) is 25.3. The van der Waals surface area contributed by atoms with Gasteiger partial charge in [-0.1, -0.05) is 0 Å². The minimum absolute atomic E-state index is 0.126. The van der Waals surface area contributed by atoms with Crippen molar-refractivity contribution in [3.63, 3.8) is 0 Å². The van der Waals surface area contributed by atoms with E-state index in [0.717, 1.165) is 13.1 Å². The number of cyclic esters (lactones) is 1. The van der Waals surface area contributed by atoms with E-state index in [1.165, 1.54) is 30.0 Å². The molecule has 2 aliphatic heterocycles. The Morgan fingerprint density at radius 3 is 2.69 bits per heavy atom. The van der Waals surface area contributed by atoms with Gasteiger partial charge in [0.1, 0.15) is 16.8 Å². The van der Waals surface area contributed by atoms with E-state index in [1.54, 1.807) is 12.1 Å². The van der Waals surface area contributed by atoms with Gasteiger partial charge in [-0.25, -0.2) is 9.18 Å². The fourth-order valence-corrected chi connectivity index (χ4v) is 4.94. The van der Waals surface area contributed by atoms with E-state index in [-0.39, 0.29) is 30.6 Å². The molecule has 1 aliphatic carbocycles. The van der Waals surface area contributed by atoms with Gasteiger partial charge in [0.25, 0.3) is 0 Å². The standard InChI is InChI=1S/C23H25FN4O7/c1-13(29)25-7-16-9-27(23(30)35-16)14-2-4-21(20(24)6-14)33-12-19-17-10-26(11-18(17)19)8-15-3-5-22(34-15)28(31)32/h2-6,16-19H,7-12H2,1H3,(H,25,29)/t16-,17-,18+,19?/m0/s1. The highest BCUT2D eigenvalue weighted by Gasteiger charge is 2.55. The van der Waals surface area contributed by atoms with Crippen molar-refractivity contribution in [1.82, 2.24) is 10.2 Å². The molecule has 3 heterocycles. The quantitative estimate of drug-likeness (QED) is 0.421. The number of benzene rings is 1. The third kappa shape index (κ3) is 4.92. The van der Waals surface area contributed by atoms with Crippen LogP contribution in [0, 0.1) is 33.7 Å². The smallest absolute Gasteiger partial charge is 0.433 e. The zero-order valence-electron chi connectivity index (χ0n) is 19.0. The Labute approximate surface area is 199 Å². The topological polar surface area (TPSA) is 127 Å². The molecule has 0 bridgehead atoms. The number of halogens is 1. The van der Waals surface area contributed by atoms with Crippen molar-refractivity contribution >= 4 is 23.6 Å². The first-order chi connectivity index (χ1) is 16.8. The fourth-order valence-electron chi connectivity index (χ4n) is 4.94. The molecule has 5 rings (SSSR count). The Hall–Kier alpha value is -3.67. The summed E-state index contributed by atoms with van der Waals surface area (Å²) in [5.41, 5.74) is 0.363. The predicted octanol–water partition coefficient (Wildman–Crippen LogP) is 2.55. The lowest BCUT2D eigenvalue weighted by molar-refractivity contribution is -0.402. The molecule has 1 aromatic heterocycles. The van der Waals surface area contributed by atoms with Gasteiger partial charge in [-0.15, -0.1) is 0 Å². The molecule has 2 aromatic rings. The van der Waals surface area contributed by atoms with Crippen LogP contribution in [0.3, 0.4) is 0 Å². The van der Waals surface area contributed by atoms with Crippen molar-refractivity contribution in [1.29, 1.82) is 0 Å². The van der Waals surface area contributed by atoms with Crippen LogP contribution in [0.2, 0.25) is 0 Å². The zero-order valence-corrected chi connectivity index (χ0v) is 19.0. The summed E-state index contributed by atoms with van der Waals surface area (Å²) >= 11 is 0. The number of hydrogen-bond donors (Lipinski definition) is 1. The maximum Gasteiger partial charge on any atom is 0.433 e. The number of amides is 2. The lowest BCUT2D eigenvalue weighted by Gasteiger charge is -2.18. The molecule has 4 atom stereocenters. The summed E-state index contributed by atoms with van der Waals surface area (Å²) in [6.07, 6.45) is -1.09. The van der Waals surface area contributed by atoms with Crippen LogP contribution in [0.5, 0.6) is 5.75 Å². The number of furan rings is 1. The number of likely N-dealkylation sites (tertiary alicyclic amines) is 1. The van der Waals surface area contributed by atoms with Crippen LogP contribution < -0.4 is 15.0 Å². The number of anilines is 1. The van der Waals surface area contributed by atoms with Crippen molar-refractivity contribution in [2.45, 2.75) is 19.6 Å². The first kappa shape index (κ1) is 23.1. The monoisotopic (exact) mass is 488 g/mol. The van der Waals surface area contributed by atoms with Gasteiger partial charge in [-0.3, -0.25) is 24.7 Å². The van der Waals surface area contributed by atoms with Crippen molar-refractivity contribution < 1.29 is 32.8 Å². The molecule has 1 N–H and O–H groups in total. The van der Waals surface area contributed by atoms with Gasteiger partial charge in [0, 0.05) is 32.0 Å². The highest BCUT2D eigenvalue weighted by atomic mass is 19.1. The first-order valence-corrected chi connectivity index (χ1v) is 11.4. The van der Waals surface area contributed by atoms with Gasteiger partial charge in [0.05, 0.1) is 38.0 Å². The third-order valence-electron chi connectivity index (χ3n) is 6.77. The lowest BCUT2D eigenvalue weighted by Crippen LogP contribution is -2.33. The summed E-state index contributed by atoms with van der Waals surface area (Å²) in [5.74, 6) is 0.881. The average molecular weight is 488 g/mol. The molecule has 1 aromatic carbocycles. The Bertz CT molecular complexity index is 1140. The van der Waals surface area contributed by atoms with E-state index >= 15 is 0 Å². The van der Waals surface area contributed by atoms with Crippen LogP contribution in [0.25, 0.3) is 0 Å². The Morgan fingerprint density at radius 1 is 1.26 bits per heavy atom. The number of hydrogen-bond acceptors (Lipinski definition) is 8. The highest BCUT2D eigenvalue weighted by molar-refractivity contribution is 5.89. The summed E-state index contributed by atoms with van der Waals surface area (Å²) < 4.78 is 30.9. The van der Waals surface area contributed by atoms with Gasteiger partial charge in [-0.2, -0.15) is 0 Å². The molecule has 1 saturated carbocycles. The maximum absolute atomic E-state index is 14.7. The number of piperidine rings is 1. The molecule has 2 amide bonds. The summed E-state index contributed by atoms with van der Waals surface area (Å²) in [4.78, 5) is 36.9. The third-order valence-corrected chi connectivity index (χ3v) is 6.77. The van der Waals surface area contributed by atoms with Gasteiger partial charge >= 0.3 is 12.0 Å². The first-order valence-electron chi connectivity index (χ1n) is 11.4. The lowest BCUT2D eigenvalue weighted by atomic mass is 10.2. The number of ether oxygens (including phenoxy) is 2. The van der Waals surface area contributed by atoms with E-state index in [1.807, 2.05) is 0 Å². The predicted molar refractivity (Wildman–Crippen MR) is 119 cm³/mol. The molecule has 0 radical (unpaired) electrons. The molecule has 0 spiro atoms. The van der Waals surface area contributed by atoms with Crippen LogP contribution in [0.1, 0.15) is 12.7 Å². The maximum atomic E-state index is 14.7. The van der Waals surface area contributed by atoms with Crippen molar-refractivity contribution in [3.05, 3.63) is 52.0 Å². The summed E-state index contributed by atoms with van der Waals surface area (Å²) in [7, 11) is 0. The second kappa shape index (κ2) is 9.17. The molecule has 35 heavy (non-hydrogen) atoms. The number of nitrogens with one attached hydrogen (secondary N) is 1. The van der Waals surface area contributed by atoms with E-state index in [0.29, 0.717) is 42.4 Å². The second-order valence-corrected chi connectivity index (χ2v) is 9.16. The van der Waals surface area contributed by atoms with Crippen molar-refractivity contribution in [2.75, 3.05) is 37.7 Å². The van der Waals surface area contributed by atoms with Crippen molar-refractivity contribution in [3.8, 4) is 5.75 Å². The Balaban J connectivity index is 1.09. The summed E-state index contributed by atoms with van der Waals surface area (Å²) in [6.45, 7) is 4.39. The van der Waals surface area contributed by atoms with E-state index in [9.17, 15) is 24.1 Å². The Kier molecular flexibility index (Phi) is 6.05. The SMILES string of the molecule is CC(=O)NC[C@H]1CN(c2ccc(OCC3[C@H]4CN(Cc5ccc([N+](=O)[O-])o5)C[C@@H]34)c(F)c2)C(=O)O1. The number of carbonyl (C=O) groups is 2. The molecule has 2 saturated heterocycles. The molecule has 1 unspecified atom stereocenters. The second-order valence-electron chi connectivity index (χ2n) is 9.16.